The van der Waals surface area contributed by atoms with Gasteiger partial charge in [0.2, 0.25) is 0 Å². The Hall–Kier alpha value is -1.33. The quantitative estimate of drug-likeness (QED) is 0.863. The number of rotatable bonds is 2. The molecule has 0 bridgehead atoms. The zero-order valence-electron chi connectivity index (χ0n) is 15.5. The molecule has 1 saturated carbocycles. The van der Waals surface area contributed by atoms with Crippen LogP contribution in [0.1, 0.15) is 50.5 Å². The van der Waals surface area contributed by atoms with Gasteiger partial charge in [-0.25, -0.2) is 4.98 Å². The van der Waals surface area contributed by atoms with Gasteiger partial charge < -0.3 is 15.7 Å². The number of pyridine rings is 1. The molecule has 138 valence electrons. The summed E-state index contributed by atoms with van der Waals surface area (Å²) in [4.78, 5) is 9.75. The van der Waals surface area contributed by atoms with Gasteiger partial charge in [-0.15, -0.1) is 0 Å². The fraction of sp³-hybridized carbons (Fsp3) is 0.750. The number of nitrogens with two attached hydrogens (primary N) is 1. The summed E-state index contributed by atoms with van der Waals surface area (Å²) in [6.07, 6.45) is 9.94. The average molecular weight is 345 g/mol. The lowest BCUT2D eigenvalue weighted by Gasteiger charge is -2.41. The van der Waals surface area contributed by atoms with E-state index in [1.165, 1.54) is 50.8 Å². The molecule has 1 aromatic rings. The number of likely N-dealkylation sites (tertiary alicyclic amines) is 1. The van der Waals surface area contributed by atoms with Gasteiger partial charge in [0.1, 0.15) is 5.82 Å². The molecule has 2 aliphatic heterocycles. The highest BCUT2D eigenvalue weighted by Gasteiger charge is 2.43. The Bertz CT molecular complexity index is 604. The van der Waals surface area contributed by atoms with Crippen molar-refractivity contribution < 1.29 is 5.11 Å². The Morgan fingerprint density at radius 3 is 2.48 bits per heavy atom. The Kier molecular flexibility index (Phi) is 4.63. The van der Waals surface area contributed by atoms with E-state index in [2.05, 4.69) is 21.7 Å². The van der Waals surface area contributed by atoms with Crippen LogP contribution in [0.3, 0.4) is 0 Å². The molecule has 0 atom stereocenters. The Labute approximate surface area is 151 Å². The lowest BCUT2D eigenvalue weighted by atomic mass is 9.77. The number of hydrogen-bond acceptors (Lipinski definition) is 5. The topological polar surface area (TPSA) is 65.6 Å². The van der Waals surface area contributed by atoms with E-state index < -0.39 is 0 Å². The van der Waals surface area contributed by atoms with Crippen LogP contribution in [-0.4, -0.2) is 53.3 Å². The Balaban J connectivity index is 1.35. The summed E-state index contributed by atoms with van der Waals surface area (Å²) in [5.41, 5.74) is 8.29. The molecular formula is C20H32N4O. The molecule has 5 nitrogen and oxygen atoms in total. The molecule has 4 rings (SSSR count). The van der Waals surface area contributed by atoms with E-state index in [0.29, 0.717) is 11.5 Å². The summed E-state index contributed by atoms with van der Waals surface area (Å²) in [6, 6.07) is 2.74. The monoisotopic (exact) mass is 344 g/mol. The molecule has 3 N–H and O–H groups in total. The molecule has 0 radical (unpaired) electrons. The highest BCUT2D eigenvalue weighted by molar-refractivity contribution is 5.52. The number of nitrogen functional groups attached to an aromatic ring is 1. The fourth-order valence-electron chi connectivity index (χ4n) is 5.23. The zero-order valence-corrected chi connectivity index (χ0v) is 15.5. The first kappa shape index (κ1) is 17.1. The van der Waals surface area contributed by atoms with Crippen molar-refractivity contribution in [3.63, 3.8) is 0 Å². The third-order valence-corrected chi connectivity index (χ3v) is 6.85. The lowest BCUT2D eigenvalue weighted by Crippen LogP contribution is -2.44. The molecule has 1 aliphatic carbocycles. The van der Waals surface area contributed by atoms with Crippen molar-refractivity contribution in [3.05, 3.63) is 17.8 Å². The van der Waals surface area contributed by atoms with Gasteiger partial charge in [-0.3, -0.25) is 4.90 Å². The van der Waals surface area contributed by atoms with Crippen molar-refractivity contribution in [3.8, 4) is 0 Å². The molecule has 1 aromatic heterocycles. The number of aliphatic hydroxyl groups excluding tert-OH is 1. The number of nitrogens with zero attached hydrogens (tertiary/aromatic N) is 3. The second kappa shape index (κ2) is 6.76. The van der Waals surface area contributed by atoms with Gasteiger partial charge in [0, 0.05) is 25.7 Å². The standard InChI is InChI=1S/C20H32N4O/c1-15-12-16(21)13-22-19(15)23-9-6-20(7-10-23)8-11-24(14-20)17-2-4-18(25)5-3-17/h12-13,17-18,25H,2-11,14,21H2,1H3. The minimum atomic E-state index is -0.0494. The molecular weight excluding hydrogens is 312 g/mol. The van der Waals surface area contributed by atoms with Gasteiger partial charge in [-0.2, -0.15) is 0 Å². The summed E-state index contributed by atoms with van der Waals surface area (Å²) in [6.45, 7) is 6.83. The van der Waals surface area contributed by atoms with E-state index in [0.717, 1.165) is 37.4 Å². The van der Waals surface area contributed by atoms with E-state index >= 15 is 0 Å². The van der Waals surface area contributed by atoms with Crippen molar-refractivity contribution >= 4 is 11.5 Å². The molecule has 3 fully saturated rings. The average Bonchev–Trinajstić information content (AvgIpc) is 3.01. The van der Waals surface area contributed by atoms with Crippen molar-refractivity contribution in [2.24, 2.45) is 5.41 Å². The number of aromatic nitrogens is 1. The zero-order chi connectivity index (χ0) is 17.4. The van der Waals surface area contributed by atoms with Crippen LogP contribution in [-0.2, 0) is 0 Å². The summed E-state index contributed by atoms with van der Waals surface area (Å²) >= 11 is 0. The van der Waals surface area contributed by atoms with Crippen LogP contribution < -0.4 is 10.6 Å². The normalized spacial score (nSPS) is 30.1. The number of aryl methyl sites for hydroxylation is 1. The highest BCUT2D eigenvalue weighted by atomic mass is 16.3. The molecule has 0 unspecified atom stereocenters. The van der Waals surface area contributed by atoms with Crippen LogP contribution in [0.25, 0.3) is 0 Å². The fourth-order valence-corrected chi connectivity index (χ4v) is 5.23. The SMILES string of the molecule is Cc1cc(N)cnc1N1CCC2(CC1)CCN(C1CCC(O)CC1)C2. The number of aliphatic hydroxyl groups is 1. The van der Waals surface area contributed by atoms with Crippen molar-refractivity contribution in [1.29, 1.82) is 0 Å². The second-order valence-corrected chi connectivity index (χ2v) is 8.58. The Morgan fingerprint density at radius 2 is 1.80 bits per heavy atom. The third kappa shape index (κ3) is 3.49. The van der Waals surface area contributed by atoms with Crippen molar-refractivity contribution in [2.45, 2.75) is 64.0 Å². The number of hydrogen-bond donors (Lipinski definition) is 2. The molecule has 5 heteroatoms. The maximum Gasteiger partial charge on any atom is 0.131 e. The molecule has 2 saturated heterocycles. The summed E-state index contributed by atoms with van der Waals surface area (Å²) in [5, 5.41) is 9.75. The molecule has 3 heterocycles. The van der Waals surface area contributed by atoms with Crippen molar-refractivity contribution in [2.75, 3.05) is 36.8 Å². The maximum atomic E-state index is 9.75. The molecule has 3 aliphatic rings. The van der Waals surface area contributed by atoms with Gasteiger partial charge in [0.25, 0.3) is 0 Å². The minimum absolute atomic E-state index is 0.0494. The smallest absolute Gasteiger partial charge is 0.131 e. The van der Waals surface area contributed by atoms with Crippen molar-refractivity contribution in [1.82, 2.24) is 9.88 Å². The van der Waals surface area contributed by atoms with Crippen LogP contribution in [0.5, 0.6) is 0 Å². The molecule has 0 amide bonds. The van der Waals surface area contributed by atoms with Gasteiger partial charge >= 0.3 is 0 Å². The largest absolute Gasteiger partial charge is 0.397 e. The van der Waals surface area contributed by atoms with E-state index in [9.17, 15) is 5.11 Å². The van der Waals surface area contributed by atoms with Gasteiger partial charge in [-0.05, 0) is 75.5 Å². The maximum absolute atomic E-state index is 9.75. The highest BCUT2D eigenvalue weighted by Crippen LogP contribution is 2.43. The summed E-state index contributed by atoms with van der Waals surface area (Å²) < 4.78 is 0. The number of anilines is 2. The molecule has 1 spiro atoms. The van der Waals surface area contributed by atoms with Gasteiger partial charge in [0.05, 0.1) is 18.0 Å². The van der Waals surface area contributed by atoms with Crippen LogP contribution in [0.2, 0.25) is 0 Å². The Morgan fingerprint density at radius 1 is 1.12 bits per heavy atom. The van der Waals surface area contributed by atoms with Gasteiger partial charge in [-0.1, -0.05) is 0 Å². The van der Waals surface area contributed by atoms with Gasteiger partial charge in [0.15, 0.2) is 0 Å². The number of piperidine rings is 1. The van der Waals surface area contributed by atoms with E-state index in [1.807, 2.05) is 6.07 Å². The summed E-state index contributed by atoms with van der Waals surface area (Å²) in [5.74, 6) is 1.11. The predicted molar refractivity (Wildman–Crippen MR) is 102 cm³/mol. The van der Waals surface area contributed by atoms with E-state index in [-0.39, 0.29) is 6.10 Å². The first-order valence-corrected chi connectivity index (χ1v) is 9.94. The molecule has 0 aromatic carbocycles. The third-order valence-electron chi connectivity index (χ3n) is 6.85. The first-order chi connectivity index (χ1) is 12.0. The first-order valence-electron chi connectivity index (χ1n) is 9.94. The minimum Gasteiger partial charge on any atom is -0.397 e. The van der Waals surface area contributed by atoms with Crippen LogP contribution >= 0.6 is 0 Å². The van der Waals surface area contributed by atoms with Crippen LogP contribution in [0.4, 0.5) is 11.5 Å². The van der Waals surface area contributed by atoms with E-state index in [4.69, 9.17) is 5.73 Å². The van der Waals surface area contributed by atoms with Crippen LogP contribution in [0.15, 0.2) is 12.3 Å². The second-order valence-electron chi connectivity index (χ2n) is 8.58. The predicted octanol–water partition coefficient (Wildman–Crippen LogP) is 2.57. The van der Waals surface area contributed by atoms with E-state index in [1.54, 1.807) is 6.20 Å². The molecule has 25 heavy (non-hydrogen) atoms. The lowest BCUT2D eigenvalue weighted by molar-refractivity contribution is 0.0762. The summed E-state index contributed by atoms with van der Waals surface area (Å²) in [7, 11) is 0. The van der Waals surface area contributed by atoms with Crippen LogP contribution in [0, 0.1) is 12.3 Å².